The lowest BCUT2D eigenvalue weighted by molar-refractivity contribution is -0.137. The van der Waals surface area contributed by atoms with Crippen molar-refractivity contribution < 1.29 is 22.4 Å². The number of likely N-dealkylation sites (tertiary alicyclic amines) is 1. The number of carbonyl (C=O) groups excluding carboxylic acids is 1. The van der Waals surface area contributed by atoms with Gasteiger partial charge < -0.3 is 10.2 Å². The first-order valence-corrected chi connectivity index (χ1v) is 8.09. The maximum atomic E-state index is 13.8. The molecule has 1 saturated heterocycles. The lowest BCUT2D eigenvalue weighted by atomic mass is 9.93. The van der Waals surface area contributed by atoms with Gasteiger partial charge in [0.2, 0.25) is 5.91 Å². The molecule has 3 nitrogen and oxygen atoms in total. The summed E-state index contributed by atoms with van der Waals surface area (Å²) in [5.74, 6) is -0.394. The molecule has 0 unspecified atom stereocenters. The number of amides is 1. The average molecular weight is 346 g/mol. The molecule has 0 spiro atoms. The van der Waals surface area contributed by atoms with Crippen molar-refractivity contribution in [3.05, 3.63) is 35.1 Å². The van der Waals surface area contributed by atoms with Gasteiger partial charge in [-0.2, -0.15) is 13.2 Å². The van der Waals surface area contributed by atoms with Gasteiger partial charge in [-0.25, -0.2) is 4.39 Å². The highest BCUT2D eigenvalue weighted by atomic mass is 19.4. The van der Waals surface area contributed by atoms with Crippen molar-refractivity contribution in [2.75, 3.05) is 13.1 Å². The van der Waals surface area contributed by atoms with E-state index in [0.717, 1.165) is 18.2 Å². The number of alkyl halides is 3. The van der Waals surface area contributed by atoms with Crippen molar-refractivity contribution in [1.29, 1.82) is 0 Å². The predicted molar refractivity (Wildman–Crippen MR) is 82.7 cm³/mol. The summed E-state index contributed by atoms with van der Waals surface area (Å²) in [7, 11) is 0. The van der Waals surface area contributed by atoms with E-state index in [0.29, 0.717) is 25.9 Å². The molecule has 1 aromatic carbocycles. The fourth-order valence-corrected chi connectivity index (χ4v) is 3.03. The van der Waals surface area contributed by atoms with Gasteiger partial charge in [-0.3, -0.25) is 4.79 Å². The van der Waals surface area contributed by atoms with Gasteiger partial charge in [0.05, 0.1) is 5.56 Å². The van der Waals surface area contributed by atoms with Gasteiger partial charge in [0.1, 0.15) is 5.82 Å². The number of rotatable bonds is 4. The Morgan fingerprint density at radius 3 is 2.67 bits per heavy atom. The Hall–Kier alpha value is -1.63. The minimum absolute atomic E-state index is 0.00379. The quantitative estimate of drug-likeness (QED) is 0.845. The van der Waals surface area contributed by atoms with Crippen LogP contribution in [0.4, 0.5) is 17.6 Å². The van der Waals surface area contributed by atoms with Gasteiger partial charge in [0.25, 0.3) is 0 Å². The number of piperidine rings is 1. The van der Waals surface area contributed by atoms with E-state index in [1.54, 1.807) is 4.90 Å². The third-order valence-corrected chi connectivity index (χ3v) is 4.49. The molecule has 1 heterocycles. The Kier molecular flexibility index (Phi) is 5.85. The SMILES string of the molecule is CCC(=O)N1CC[C@H](NCc2cc(C(F)(F)F)ccc2F)[C@@H](C)C1. The van der Waals surface area contributed by atoms with E-state index in [4.69, 9.17) is 0 Å². The summed E-state index contributed by atoms with van der Waals surface area (Å²) in [4.78, 5) is 13.5. The summed E-state index contributed by atoms with van der Waals surface area (Å²) in [5, 5.41) is 3.14. The van der Waals surface area contributed by atoms with E-state index in [1.807, 2.05) is 13.8 Å². The predicted octanol–water partition coefficient (Wildman–Crippen LogP) is 3.58. The molecule has 2 atom stereocenters. The summed E-state index contributed by atoms with van der Waals surface area (Å²) in [6.45, 7) is 5.05. The number of carbonyl (C=O) groups is 1. The summed E-state index contributed by atoms with van der Waals surface area (Å²) < 4.78 is 51.9. The lowest BCUT2D eigenvalue weighted by Gasteiger charge is -2.37. The van der Waals surface area contributed by atoms with Crippen LogP contribution in [0.5, 0.6) is 0 Å². The van der Waals surface area contributed by atoms with Gasteiger partial charge in [-0.15, -0.1) is 0 Å². The lowest BCUT2D eigenvalue weighted by Crippen LogP contribution is -2.49. The number of nitrogens with one attached hydrogen (secondary N) is 1. The Morgan fingerprint density at radius 1 is 1.38 bits per heavy atom. The molecule has 2 rings (SSSR count). The second kappa shape index (κ2) is 7.51. The number of benzene rings is 1. The van der Waals surface area contributed by atoms with Gasteiger partial charge >= 0.3 is 6.18 Å². The standard InChI is InChI=1S/C17H22F4N2O/c1-3-16(24)23-7-6-15(11(2)10-23)22-9-12-8-13(17(19,20)21)4-5-14(12)18/h4-5,8,11,15,22H,3,6-7,9-10H2,1-2H3/t11-,15-/m0/s1. The minimum Gasteiger partial charge on any atom is -0.342 e. The van der Waals surface area contributed by atoms with Crippen molar-refractivity contribution in [3.63, 3.8) is 0 Å². The largest absolute Gasteiger partial charge is 0.416 e. The van der Waals surface area contributed by atoms with Crippen LogP contribution >= 0.6 is 0 Å². The van der Waals surface area contributed by atoms with Crippen molar-refractivity contribution >= 4 is 5.91 Å². The molecule has 1 aliphatic heterocycles. The molecule has 7 heteroatoms. The van der Waals surface area contributed by atoms with Crippen molar-refractivity contribution in [1.82, 2.24) is 10.2 Å². The number of halogens is 4. The van der Waals surface area contributed by atoms with E-state index in [1.165, 1.54) is 0 Å². The van der Waals surface area contributed by atoms with Crippen molar-refractivity contribution in [3.8, 4) is 0 Å². The van der Waals surface area contributed by atoms with Crippen molar-refractivity contribution in [2.24, 2.45) is 5.92 Å². The zero-order valence-corrected chi connectivity index (χ0v) is 13.8. The van der Waals surface area contributed by atoms with Gasteiger partial charge in [0, 0.05) is 37.7 Å². The van der Waals surface area contributed by atoms with Gasteiger partial charge in [-0.05, 0) is 30.5 Å². The monoisotopic (exact) mass is 346 g/mol. The second-order valence-corrected chi connectivity index (χ2v) is 6.25. The van der Waals surface area contributed by atoms with Crippen LogP contribution in [0.15, 0.2) is 18.2 Å². The Balaban J connectivity index is 1.98. The third-order valence-electron chi connectivity index (χ3n) is 4.49. The maximum absolute atomic E-state index is 13.8. The fourth-order valence-electron chi connectivity index (χ4n) is 3.03. The van der Waals surface area contributed by atoms with Crippen LogP contribution in [0.3, 0.4) is 0 Å². The minimum atomic E-state index is -4.48. The van der Waals surface area contributed by atoms with Crippen LogP contribution in [-0.4, -0.2) is 29.9 Å². The average Bonchev–Trinajstić information content (AvgIpc) is 2.53. The first-order chi connectivity index (χ1) is 11.2. The van der Waals surface area contributed by atoms with Crippen LogP contribution in [0.1, 0.15) is 37.8 Å². The Labute approximate surface area is 139 Å². The second-order valence-electron chi connectivity index (χ2n) is 6.25. The molecule has 0 aliphatic carbocycles. The Bertz CT molecular complexity index is 588. The summed E-state index contributed by atoms with van der Waals surface area (Å²) in [6, 6.07) is 2.49. The Morgan fingerprint density at radius 2 is 2.08 bits per heavy atom. The zero-order valence-electron chi connectivity index (χ0n) is 13.8. The van der Waals surface area contributed by atoms with E-state index in [9.17, 15) is 22.4 Å². The molecule has 1 N–H and O–H groups in total. The summed E-state index contributed by atoms with van der Waals surface area (Å²) in [5.41, 5.74) is -0.846. The molecular formula is C17H22F4N2O. The molecule has 1 aliphatic rings. The molecule has 1 aromatic rings. The fraction of sp³-hybridized carbons (Fsp3) is 0.588. The number of nitrogens with zero attached hydrogens (tertiary/aromatic N) is 1. The highest BCUT2D eigenvalue weighted by Crippen LogP contribution is 2.30. The smallest absolute Gasteiger partial charge is 0.342 e. The first-order valence-electron chi connectivity index (χ1n) is 8.09. The molecule has 0 saturated carbocycles. The van der Waals surface area contributed by atoms with Gasteiger partial charge in [-0.1, -0.05) is 13.8 Å². The van der Waals surface area contributed by atoms with E-state index in [-0.39, 0.29) is 30.0 Å². The summed E-state index contributed by atoms with van der Waals surface area (Å²) in [6.07, 6.45) is -3.32. The first kappa shape index (κ1) is 18.7. The van der Waals surface area contributed by atoms with E-state index < -0.39 is 17.6 Å². The van der Waals surface area contributed by atoms with Crippen LogP contribution in [0, 0.1) is 11.7 Å². The van der Waals surface area contributed by atoms with Gasteiger partial charge in [0.15, 0.2) is 0 Å². The van der Waals surface area contributed by atoms with Crippen LogP contribution in [0.2, 0.25) is 0 Å². The van der Waals surface area contributed by atoms with Crippen LogP contribution < -0.4 is 5.32 Å². The van der Waals surface area contributed by atoms with E-state index >= 15 is 0 Å². The molecule has 0 aromatic heterocycles. The molecular weight excluding hydrogens is 324 g/mol. The molecule has 134 valence electrons. The third kappa shape index (κ3) is 4.47. The van der Waals surface area contributed by atoms with E-state index in [2.05, 4.69) is 5.32 Å². The van der Waals surface area contributed by atoms with Crippen LogP contribution in [0.25, 0.3) is 0 Å². The maximum Gasteiger partial charge on any atom is 0.416 e. The highest BCUT2D eigenvalue weighted by Gasteiger charge is 2.31. The summed E-state index contributed by atoms with van der Waals surface area (Å²) >= 11 is 0. The molecule has 0 radical (unpaired) electrons. The molecule has 0 bridgehead atoms. The number of hydrogen-bond donors (Lipinski definition) is 1. The molecule has 24 heavy (non-hydrogen) atoms. The molecule has 1 fully saturated rings. The zero-order chi connectivity index (χ0) is 17.9. The molecule has 1 amide bonds. The highest BCUT2D eigenvalue weighted by molar-refractivity contribution is 5.75. The normalized spacial score (nSPS) is 21.8. The van der Waals surface area contributed by atoms with Crippen LogP contribution in [-0.2, 0) is 17.5 Å². The van der Waals surface area contributed by atoms with Crippen molar-refractivity contribution in [2.45, 2.75) is 45.5 Å². The number of hydrogen-bond acceptors (Lipinski definition) is 2. The topological polar surface area (TPSA) is 32.3 Å².